The van der Waals surface area contributed by atoms with Gasteiger partial charge in [0.2, 0.25) is 11.8 Å². The molecule has 1 saturated carbocycles. The highest BCUT2D eigenvalue weighted by Gasteiger charge is 2.53. The fourth-order valence-corrected chi connectivity index (χ4v) is 3.40. The lowest BCUT2D eigenvalue weighted by Crippen LogP contribution is -2.33. The first-order valence-electron chi connectivity index (χ1n) is 6.95. The number of carbonyl (C=O) groups is 2. The number of nitrogens with two attached hydrogens (primary N) is 1. The molecule has 1 heterocycles. The molecule has 0 aromatic heterocycles. The number of imide groups is 1. The quantitative estimate of drug-likeness (QED) is 0.666. The van der Waals surface area contributed by atoms with Crippen molar-refractivity contribution < 1.29 is 14.0 Å². The first kappa shape index (κ1) is 13.1. The molecule has 2 atom stereocenters. The molecule has 0 bridgehead atoms. The first-order chi connectivity index (χ1) is 9.52. The van der Waals surface area contributed by atoms with E-state index in [9.17, 15) is 14.0 Å². The number of carbonyl (C=O) groups excluding carboxylic acids is 2. The number of nitrogens with zero attached hydrogens (tertiary/aromatic N) is 1. The third-order valence-corrected chi connectivity index (χ3v) is 4.53. The molecule has 3 rings (SSSR count). The van der Waals surface area contributed by atoms with Gasteiger partial charge in [0.25, 0.3) is 0 Å². The minimum Gasteiger partial charge on any atom is -0.399 e. The van der Waals surface area contributed by atoms with E-state index < -0.39 is 5.82 Å². The van der Waals surface area contributed by atoms with Crippen molar-refractivity contribution in [3.05, 3.63) is 24.0 Å². The normalized spacial score (nSPS) is 29.1. The Morgan fingerprint density at radius 3 is 2.35 bits per heavy atom. The van der Waals surface area contributed by atoms with Crippen molar-refractivity contribution in [2.24, 2.45) is 17.8 Å². The first-order valence-corrected chi connectivity index (χ1v) is 6.95. The maximum absolute atomic E-state index is 13.9. The molecular formula is C15H17FN2O2. The second-order valence-electron chi connectivity index (χ2n) is 5.68. The Bertz CT molecular complexity index is 563. The van der Waals surface area contributed by atoms with E-state index in [1.54, 1.807) is 0 Å². The van der Waals surface area contributed by atoms with Crippen LogP contribution in [0.25, 0.3) is 0 Å². The van der Waals surface area contributed by atoms with Crippen LogP contribution in [0.4, 0.5) is 15.8 Å². The predicted octanol–water partition coefficient (Wildman–Crippen LogP) is 2.33. The zero-order chi connectivity index (χ0) is 14.4. The Balaban J connectivity index is 1.94. The van der Waals surface area contributed by atoms with Gasteiger partial charge in [-0.05, 0) is 37.0 Å². The number of anilines is 2. The summed E-state index contributed by atoms with van der Waals surface area (Å²) in [5.41, 5.74) is 5.79. The summed E-state index contributed by atoms with van der Waals surface area (Å²) < 4.78 is 13.9. The van der Waals surface area contributed by atoms with Crippen LogP contribution < -0.4 is 10.6 Å². The smallest absolute Gasteiger partial charge is 0.237 e. The number of fused-ring (bicyclic) bond motifs is 1. The molecule has 2 aliphatic rings. The zero-order valence-corrected chi connectivity index (χ0v) is 11.3. The fourth-order valence-electron chi connectivity index (χ4n) is 3.40. The van der Waals surface area contributed by atoms with Crippen molar-refractivity contribution in [2.75, 3.05) is 10.6 Å². The standard InChI is InChI=1S/C15H17FN2O2/c1-2-8-5-10-11(6-8)15(20)18(14(10)19)13-4-3-9(17)7-12(13)16/h3-4,7-8,10-11H,2,5-6,17H2,1H3. The highest BCUT2D eigenvalue weighted by atomic mass is 19.1. The second kappa shape index (κ2) is 4.58. The van der Waals surface area contributed by atoms with Gasteiger partial charge in [-0.25, -0.2) is 9.29 Å². The van der Waals surface area contributed by atoms with Crippen molar-refractivity contribution in [3.8, 4) is 0 Å². The molecule has 1 aliphatic carbocycles. The highest BCUT2D eigenvalue weighted by molar-refractivity contribution is 6.22. The number of halogens is 1. The second-order valence-corrected chi connectivity index (χ2v) is 5.68. The lowest BCUT2D eigenvalue weighted by molar-refractivity contribution is -0.123. The van der Waals surface area contributed by atoms with Crippen LogP contribution in [0.15, 0.2) is 18.2 Å². The van der Waals surface area contributed by atoms with Gasteiger partial charge in [0.1, 0.15) is 5.82 Å². The van der Waals surface area contributed by atoms with Gasteiger partial charge in [-0.3, -0.25) is 9.59 Å². The van der Waals surface area contributed by atoms with Gasteiger partial charge in [0, 0.05) is 5.69 Å². The Morgan fingerprint density at radius 1 is 1.25 bits per heavy atom. The summed E-state index contributed by atoms with van der Waals surface area (Å²) >= 11 is 0. The van der Waals surface area contributed by atoms with Crippen molar-refractivity contribution in [1.29, 1.82) is 0 Å². The average molecular weight is 276 g/mol. The molecule has 20 heavy (non-hydrogen) atoms. The van der Waals surface area contributed by atoms with E-state index in [1.165, 1.54) is 12.1 Å². The molecule has 1 aromatic rings. The number of hydrogen-bond acceptors (Lipinski definition) is 3. The van der Waals surface area contributed by atoms with Crippen LogP contribution >= 0.6 is 0 Å². The van der Waals surface area contributed by atoms with Crippen LogP contribution in [0.5, 0.6) is 0 Å². The van der Waals surface area contributed by atoms with Crippen LogP contribution in [0.2, 0.25) is 0 Å². The van der Waals surface area contributed by atoms with E-state index in [1.807, 2.05) is 0 Å². The summed E-state index contributed by atoms with van der Waals surface area (Å²) in [5, 5.41) is 0. The maximum atomic E-state index is 13.9. The minimum atomic E-state index is -0.626. The van der Waals surface area contributed by atoms with E-state index in [4.69, 9.17) is 5.73 Å². The molecule has 5 heteroatoms. The third kappa shape index (κ3) is 1.80. The lowest BCUT2D eigenvalue weighted by Gasteiger charge is -2.18. The summed E-state index contributed by atoms with van der Waals surface area (Å²) in [6.07, 6.45) is 2.45. The summed E-state index contributed by atoms with van der Waals surface area (Å²) in [5.74, 6) is -1.27. The van der Waals surface area contributed by atoms with Crippen LogP contribution in [-0.2, 0) is 9.59 Å². The molecule has 2 unspecified atom stereocenters. The van der Waals surface area contributed by atoms with Crippen LogP contribution in [0.3, 0.4) is 0 Å². The molecule has 2 fully saturated rings. The molecule has 106 valence electrons. The van der Waals surface area contributed by atoms with Crippen molar-refractivity contribution >= 4 is 23.2 Å². The largest absolute Gasteiger partial charge is 0.399 e. The minimum absolute atomic E-state index is 0.0247. The van der Waals surface area contributed by atoms with Gasteiger partial charge in [0.05, 0.1) is 17.5 Å². The monoisotopic (exact) mass is 276 g/mol. The van der Waals surface area contributed by atoms with Gasteiger partial charge < -0.3 is 5.73 Å². The Morgan fingerprint density at radius 2 is 1.85 bits per heavy atom. The topological polar surface area (TPSA) is 63.4 Å². The summed E-state index contributed by atoms with van der Waals surface area (Å²) in [6.45, 7) is 2.07. The molecule has 1 aliphatic heterocycles. The number of benzene rings is 1. The molecule has 1 saturated heterocycles. The average Bonchev–Trinajstić information content (AvgIpc) is 2.93. The predicted molar refractivity (Wildman–Crippen MR) is 73.3 cm³/mol. The zero-order valence-electron chi connectivity index (χ0n) is 11.3. The molecule has 2 N–H and O–H groups in total. The van der Waals surface area contributed by atoms with E-state index >= 15 is 0 Å². The van der Waals surface area contributed by atoms with Crippen LogP contribution in [-0.4, -0.2) is 11.8 Å². The van der Waals surface area contributed by atoms with Gasteiger partial charge in [-0.2, -0.15) is 0 Å². The molecule has 0 radical (unpaired) electrons. The lowest BCUT2D eigenvalue weighted by atomic mass is 10.00. The van der Waals surface area contributed by atoms with Crippen LogP contribution in [0.1, 0.15) is 26.2 Å². The summed E-state index contributed by atoms with van der Waals surface area (Å²) in [7, 11) is 0. The van der Waals surface area contributed by atoms with E-state index in [0.717, 1.165) is 30.2 Å². The van der Waals surface area contributed by atoms with Gasteiger partial charge in [-0.1, -0.05) is 13.3 Å². The van der Waals surface area contributed by atoms with E-state index in [-0.39, 0.29) is 35.0 Å². The van der Waals surface area contributed by atoms with Gasteiger partial charge in [-0.15, -0.1) is 0 Å². The van der Waals surface area contributed by atoms with Crippen molar-refractivity contribution in [2.45, 2.75) is 26.2 Å². The van der Waals surface area contributed by atoms with E-state index in [2.05, 4.69) is 6.92 Å². The Labute approximate surface area is 116 Å². The molecule has 2 amide bonds. The molecule has 1 aromatic carbocycles. The molecular weight excluding hydrogens is 259 g/mol. The Hall–Kier alpha value is -1.91. The Kier molecular flexibility index (Phi) is 3.00. The number of nitrogen functional groups attached to an aromatic ring is 1. The van der Waals surface area contributed by atoms with Crippen LogP contribution in [0, 0.1) is 23.6 Å². The fraction of sp³-hybridized carbons (Fsp3) is 0.467. The van der Waals surface area contributed by atoms with Crippen molar-refractivity contribution in [3.63, 3.8) is 0 Å². The number of rotatable bonds is 2. The van der Waals surface area contributed by atoms with E-state index in [0.29, 0.717) is 5.92 Å². The maximum Gasteiger partial charge on any atom is 0.237 e. The third-order valence-electron chi connectivity index (χ3n) is 4.53. The summed E-state index contributed by atoms with van der Waals surface area (Å²) in [6, 6.07) is 4.04. The summed E-state index contributed by atoms with van der Waals surface area (Å²) in [4.78, 5) is 25.8. The molecule has 4 nitrogen and oxygen atoms in total. The van der Waals surface area contributed by atoms with Gasteiger partial charge in [0.15, 0.2) is 0 Å². The SMILES string of the molecule is CCC1CC2C(=O)N(c3ccc(N)cc3F)C(=O)C2C1. The highest BCUT2D eigenvalue weighted by Crippen LogP contribution is 2.45. The number of amides is 2. The number of hydrogen-bond donors (Lipinski definition) is 1. The van der Waals surface area contributed by atoms with Gasteiger partial charge >= 0.3 is 0 Å². The van der Waals surface area contributed by atoms with Crippen molar-refractivity contribution in [1.82, 2.24) is 0 Å². The molecule has 0 spiro atoms.